The first-order valence-electron chi connectivity index (χ1n) is 7.20. The minimum Gasteiger partial charge on any atom is -0.289 e. The highest BCUT2D eigenvalue weighted by molar-refractivity contribution is 7.92. The van der Waals surface area contributed by atoms with Gasteiger partial charge in [0.15, 0.2) is 0 Å². The Morgan fingerprint density at radius 1 is 1.39 bits per heavy atom. The van der Waals surface area contributed by atoms with E-state index in [0.29, 0.717) is 12.1 Å². The maximum absolute atomic E-state index is 12.4. The number of amides is 1. The molecule has 0 saturated heterocycles. The molecule has 6 nitrogen and oxygen atoms in total. The van der Waals surface area contributed by atoms with Crippen molar-refractivity contribution in [1.29, 1.82) is 0 Å². The topological polar surface area (TPSA) is 86.7 Å². The van der Waals surface area contributed by atoms with E-state index in [-0.39, 0.29) is 5.92 Å². The van der Waals surface area contributed by atoms with E-state index in [1.165, 1.54) is 0 Å². The number of hydrogen-bond donors (Lipinski definition) is 2. The highest BCUT2D eigenvalue weighted by Crippen LogP contribution is 2.30. The lowest BCUT2D eigenvalue weighted by atomic mass is 9.98. The fourth-order valence-electron chi connectivity index (χ4n) is 2.53. The van der Waals surface area contributed by atoms with Gasteiger partial charge in [0, 0.05) is 4.70 Å². The lowest BCUT2D eigenvalue weighted by molar-refractivity contribution is -0.131. The highest BCUT2D eigenvalue weighted by atomic mass is 32.2. The van der Waals surface area contributed by atoms with Crippen molar-refractivity contribution in [1.82, 2.24) is 5.48 Å². The molecule has 1 heterocycles. The van der Waals surface area contributed by atoms with Crippen molar-refractivity contribution in [2.45, 2.75) is 26.3 Å². The molecule has 0 unspecified atom stereocenters. The number of nitrogens with one attached hydrogen (secondary N) is 1. The Morgan fingerprint density at radius 3 is 2.65 bits per heavy atom. The molecule has 2 atom stereocenters. The van der Waals surface area contributed by atoms with Crippen molar-refractivity contribution in [2.75, 3.05) is 10.6 Å². The van der Waals surface area contributed by atoms with Gasteiger partial charge in [0.25, 0.3) is 5.91 Å². The van der Waals surface area contributed by atoms with E-state index in [1.807, 2.05) is 24.4 Å². The molecule has 23 heavy (non-hydrogen) atoms. The van der Waals surface area contributed by atoms with E-state index in [0.717, 1.165) is 20.6 Å². The molecule has 0 aliphatic carbocycles. The average Bonchev–Trinajstić information content (AvgIpc) is 2.97. The normalized spacial score (nSPS) is 14.4. The Labute approximate surface area is 139 Å². The standard InChI is InChI=1S/C15H20N2O4S2/c1-4-10(2)14(15(18)16-19)17(23(3,20)21)12-5-6-13-11(9-12)7-8-22-13/h5-10,14,19H,4H2,1-3H3,(H,16,18)/t10-,14-/m1/s1. The summed E-state index contributed by atoms with van der Waals surface area (Å²) in [7, 11) is -3.71. The molecule has 0 radical (unpaired) electrons. The Kier molecular flexibility index (Phi) is 5.28. The van der Waals surface area contributed by atoms with Gasteiger partial charge >= 0.3 is 0 Å². The minimum absolute atomic E-state index is 0.268. The SMILES string of the molecule is CC[C@@H](C)[C@H](C(=O)NO)N(c1ccc2sccc2c1)S(C)(=O)=O. The molecule has 2 aromatic rings. The first-order chi connectivity index (χ1) is 10.8. The number of carbonyl (C=O) groups excluding carboxylic acids is 1. The zero-order valence-corrected chi connectivity index (χ0v) is 14.8. The summed E-state index contributed by atoms with van der Waals surface area (Å²) in [5, 5.41) is 11.9. The molecule has 0 aliphatic heterocycles. The monoisotopic (exact) mass is 356 g/mol. The second-order valence-corrected chi connectivity index (χ2v) is 8.32. The Hall–Kier alpha value is -1.64. The number of carbonyl (C=O) groups is 1. The summed E-state index contributed by atoms with van der Waals surface area (Å²) >= 11 is 1.56. The molecule has 0 spiro atoms. The zero-order chi connectivity index (χ0) is 17.2. The van der Waals surface area contributed by atoms with Crippen LogP contribution >= 0.6 is 11.3 Å². The van der Waals surface area contributed by atoms with Crippen LogP contribution < -0.4 is 9.79 Å². The van der Waals surface area contributed by atoms with Crippen molar-refractivity contribution in [3.63, 3.8) is 0 Å². The lowest BCUT2D eigenvalue weighted by Crippen LogP contribution is -2.52. The number of hydrogen-bond acceptors (Lipinski definition) is 5. The van der Waals surface area contributed by atoms with Gasteiger partial charge in [0.2, 0.25) is 10.0 Å². The summed E-state index contributed by atoms with van der Waals surface area (Å²) in [5.74, 6) is -1.01. The third-order valence-corrected chi connectivity index (χ3v) is 5.91. The number of hydroxylamine groups is 1. The first kappa shape index (κ1) is 17.7. The van der Waals surface area contributed by atoms with Crippen molar-refractivity contribution in [3.8, 4) is 0 Å². The highest BCUT2D eigenvalue weighted by Gasteiger charge is 2.36. The van der Waals surface area contributed by atoms with E-state index in [9.17, 15) is 13.2 Å². The van der Waals surface area contributed by atoms with Crippen molar-refractivity contribution >= 4 is 43.0 Å². The molecular formula is C15H20N2O4S2. The van der Waals surface area contributed by atoms with Crippen LogP contribution in [0.1, 0.15) is 20.3 Å². The third-order valence-electron chi connectivity index (χ3n) is 3.86. The van der Waals surface area contributed by atoms with Crippen LogP contribution in [0.4, 0.5) is 5.69 Å². The van der Waals surface area contributed by atoms with Crippen LogP contribution in [0.3, 0.4) is 0 Å². The van der Waals surface area contributed by atoms with Gasteiger partial charge in [0.05, 0.1) is 11.9 Å². The van der Waals surface area contributed by atoms with Crippen LogP contribution in [0.15, 0.2) is 29.6 Å². The van der Waals surface area contributed by atoms with Crippen LogP contribution in [0.5, 0.6) is 0 Å². The fourth-order valence-corrected chi connectivity index (χ4v) is 4.52. The number of sulfonamides is 1. The van der Waals surface area contributed by atoms with Gasteiger partial charge in [-0.3, -0.25) is 14.3 Å². The number of nitrogens with zero attached hydrogens (tertiary/aromatic N) is 1. The molecule has 0 aliphatic rings. The van der Waals surface area contributed by atoms with Crippen LogP contribution in [0.25, 0.3) is 10.1 Å². The molecule has 126 valence electrons. The number of benzene rings is 1. The molecule has 1 aromatic heterocycles. The number of thiophene rings is 1. The van der Waals surface area contributed by atoms with Crippen molar-refractivity contribution in [2.24, 2.45) is 5.92 Å². The summed E-state index contributed by atoms with van der Waals surface area (Å²) in [6, 6.07) is 6.13. The smallest absolute Gasteiger partial charge is 0.267 e. The first-order valence-corrected chi connectivity index (χ1v) is 9.93. The molecule has 2 rings (SSSR count). The molecular weight excluding hydrogens is 336 g/mol. The predicted molar refractivity (Wildman–Crippen MR) is 92.3 cm³/mol. The summed E-state index contributed by atoms with van der Waals surface area (Å²) < 4.78 is 26.8. The molecule has 0 saturated carbocycles. The quantitative estimate of drug-likeness (QED) is 0.615. The van der Waals surface area contributed by atoms with Gasteiger partial charge < -0.3 is 0 Å². The Balaban J connectivity index is 2.61. The molecule has 2 N–H and O–H groups in total. The lowest BCUT2D eigenvalue weighted by Gasteiger charge is -2.33. The molecule has 8 heteroatoms. The van der Waals surface area contributed by atoms with Gasteiger partial charge in [0.1, 0.15) is 6.04 Å². The molecule has 0 fully saturated rings. The van der Waals surface area contributed by atoms with Crippen LogP contribution in [0, 0.1) is 5.92 Å². The van der Waals surface area contributed by atoms with Gasteiger partial charge in [-0.15, -0.1) is 11.3 Å². The summed E-state index contributed by atoms with van der Waals surface area (Å²) in [4.78, 5) is 12.1. The van der Waals surface area contributed by atoms with Crippen LogP contribution in [-0.4, -0.2) is 31.8 Å². The van der Waals surface area contributed by atoms with Gasteiger partial charge in [-0.05, 0) is 40.9 Å². The minimum atomic E-state index is -3.71. The maximum atomic E-state index is 12.4. The van der Waals surface area contributed by atoms with E-state index in [1.54, 1.807) is 35.9 Å². The van der Waals surface area contributed by atoms with Crippen LogP contribution in [0.2, 0.25) is 0 Å². The fraction of sp³-hybridized carbons (Fsp3) is 0.400. The van der Waals surface area contributed by atoms with E-state index < -0.39 is 22.0 Å². The van der Waals surface area contributed by atoms with Crippen LogP contribution in [-0.2, 0) is 14.8 Å². The van der Waals surface area contributed by atoms with E-state index in [4.69, 9.17) is 5.21 Å². The molecule has 1 amide bonds. The van der Waals surface area contributed by atoms with E-state index >= 15 is 0 Å². The predicted octanol–water partition coefficient (Wildman–Crippen LogP) is 2.59. The zero-order valence-electron chi connectivity index (χ0n) is 13.2. The summed E-state index contributed by atoms with van der Waals surface area (Å²) in [5.41, 5.74) is 2.00. The number of anilines is 1. The number of fused-ring (bicyclic) bond motifs is 1. The Morgan fingerprint density at radius 2 is 2.09 bits per heavy atom. The van der Waals surface area contributed by atoms with Gasteiger partial charge in [-0.1, -0.05) is 20.3 Å². The second-order valence-electron chi connectivity index (χ2n) is 5.51. The molecule has 0 bridgehead atoms. The van der Waals surface area contributed by atoms with Crippen molar-refractivity contribution in [3.05, 3.63) is 29.6 Å². The maximum Gasteiger partial charge on any atom is 0.267 e. The number of rotatable bonds is 6. The summed E-state index contributed by atoms with van der Waals surface area (Å²) in [6.45, 7) is 3.64. The summed E-state index contributed by atoms with van der Waals surface area (Å²) in [6.07, 6.45) is 1.65. The largest absolute Gasteiger partial charge is 0.289 e. The molecule has 1 aromatic carbocycles. The van der Waals surface area contributed by atoms with E-state index in [2.05, 4.69) is 0 Å². The third kappa shape index (κ3) is 3.65. The van der Waals surface area contributed by atoms with Gasteiger partial charge in [-0.25, -0.2) is 13.9 Å². The second kappa shape index (κ2) is 6.86. The average molecular weight is 356 g/mol. The van der Waals surface area contributed by atoms with Crippen molar-refractivity contribution < 1.29 is 18.4 Å². The Bertz CT molecular complexity index is 801. The van der Waals surface area contributed by atoms with Gasteiger partial charge in [-0.2, -0.15) is 0 Å².